The van der Waals surface area contributed by atoms with Gasteiger partial charge in [-0.1, -0.05) is 25.5 Å². The van der Waals surface area contributed by atoms with E-state index in [9.17, 15) is 13.2 Å². The van der Waals surface area contributed by atoms with E-state index in [-0.39, 0.29) is 17.4 Å². The Morgan fingerprint density at radius 3 is 2.42 bits per heavy atom. The van der Waals surface area contributed by atoms with Crippen molar-refractivity contribution in [1.82, 2.24) is 4.90 Å². The summed E-state index contributed by atoms with van der Waals surface area (Å²) in [6, 6.07) is 10.4. The maximum absolute atomic E-state index is 12.5. The van der Waals surface area contributed by atoms with Crippen LogP contribution in [0, 0.1) is 0 Å². The van der Waals surface area contributed by atoms with E-state index < -0.39 is 10.1 Å². The minimum atomic E-state index is -3.54. The Balaban J connectivity index is 2.07. The van der Waals surface area contributed by atoms with Gasteiger partial charge in [0.1, 0.15) is 11.5 Å². The third-order valence-electron chi connectivity index (χ3n) is 3.90. The molecule has 0 aliphatic heterocycles. The normalized spacial score (nSPS) is 11.3. The maximum atomic E-state index is 12.5. The molecular weight excluding hydrogens is 354 g/mol. The van der Waals surface area contributed by atoms with Crippen LogP contribution in [0.25, 0.3) is 0 Å². The van der Waals surface area contributed by atoms with E-state index >= 15 is 0 Å². The second kappa shape index (κ2) is 9.43. The highest BCUT2D eigenvalue weighted by atomic mass is 32.2. The Kier molecular flexibility index (Phi) is 7.26. The van der Waals surface area contributed by atoms with Gasteiger partial charge in [-0.25, -0.2) is 0 Å². The van der Waals surface area contributed by atoms with Crippen molar-refractivity contribution in [1.29, 1.82) is 0 Å². The van der Waals surface area contributed by atoms with E-state index in [4.69, 9.17) is 8.60 Å². The highest BCUT2D eigenvalue weighted by molar-refractivity contribution is 7.87. The first-order valence-corrected chi connectivity index (χ1v) is 10.3. The zero-order valence-corrected chi connectivity index (χ0v) is 16.0. The molecule has 0 saturated carbocycles. The number of furan rings is 1. The largest absolute Gasteiger partial charge is 0.467 e. The minimum absolute atomic E-state index is 0.0668. The molecule has 0 fully saturated rings. The van der Waals surface area contributed by atoms with Crippen molar-refractivity contribution < 1.29 is 21.8 Å². The number of amides is 1. The molecule has 0 aliphatic rings. The second-order valence-electron chi connectivity index (χ2n) is 6.01. The molecule has 6 nitrogen and oxygen atoms in total. The van der Waals surface area contributed by atoms with Crippen molar-refractivity contribution in [3.63, 3.8) is 0 Å². The molecule has 0 saturated heterocycles. The summed E-state index contributed by atoms with van der Waals surface area (Å²) in [6.07, 6.45) is 3.88. The highest BCUT2D eigenvalue weighted by Gasteiger charge is 2.16. The molecular formula is C19H25NO5S. The lowest BCUT2D eigenvalue weighted by molar-refractivity contribution is -0.132. The fourth-order valence-corrected chi connectivity index (χ4v) is 2.91. The van der Waals surface area contributed by atoms with Gasteiger partial charge < -0.3 is 13.5 Å². The van der Waals surface area contributed by atoms with Gasteiger partial charge in [-0.15, -0.1) is 0 Å². The molecule has 0 radical (unpaired) electrons. The smallest absolute Gasteiger partial charge is 0.308 e. The molecule has 0 atom stereocenters. The van der Waals surface area contributed by atoms with Gasteiger partial charge >= 0.3 is 10.1 Å². The molecule has 1 heterocycles. The van der Waals surface area contributed by atoms with Crippen LogP contribution in [-0.2, 0) is 28.0 Å². The first-order valence-electron chi connectivity index (χ1n) is 8.74. The average molecular weight is 379 g/mol. The predicted octanol–water partition coefficient (Wildman–Crippen LogP) is 3.73. The van der Waals surface area contributed by atoms with Crippen LogP contribution >= 0.6 is 0 Å². The van der Waals surface area contributed by atoms with Crippen LogP contribution in [0.4, 0.5) is 0 Å². The van der Waals surface area contributed by atoms with Crippen LogP contribution in [0.1, 0.15) is 44.4 Å². The Hall–Kier alpha value is -2.28. The van der Waals surface area contributed by atoms with E-state index in [0.717, 1.165) is 24.2 Å². The number of benzene rings is 1. The van der Waals surface area contributed by atoms with Crippen LogP contribution in [-0.4, -0.2) is 25.0 Å². The van der Waals surface area contributed by atoms with Crippen LogP contribution < -0.4 is 4.18 Å². The molecule has 0 bridgehead atoms. The lowest BCUT2D eigenvalue weighted by Crippen LogP contribution is -2.29. The summed E-state index contributed by atoms with van der Waals surface area (Å²) in [7, 11) is -3.54. The Morgan fingerprint density at radius 2 is 1.85 bits per heavy atom. The summed E-state index contributed by atoms with van der Waals surface area (Å²) in [5.41, 5.74) is 0.891. The fraction of sp³-hybridized carbons (Fsp3) is 0.421. The van der Waals surface area contributed by atoms with Crippen molar-refractivity contribution in [2.75, 3.05) is 5.75 Å². The average Bonchev–Trinajstić information content (AvgIpc) is 3.13. The third kappa shape index (κ3) is 6.22. The lowest BCUT2D eigenvalue weighted by Gasteiger charge is -2.22. The third-order valence-corrected chi connectivity index (χ3v) is 5.05. The molecule has 2 rings (SSSR count). The second-order valence-corrected chi connectivity index (χ2v) is 7.87. The van der Waals surface area contributed by atoms with Crippen molar-refractivity contribution in [2.24, 2.45) is 0 Å². The summed E-state index contributed by atoms with van der Waals surface area (Å²) in [4.78, 5) is 14.2. The summed E-state index contributed by atoms with van der Waals surface area (Å²) < 4.78 is 33.4. The Morgan fingerprint density at radius 1 is 1.12 bits per heavy atom. The molecule has 1 amide bonds. The van der Waals surface area contributed by atoms with Crippen molar-refractivity contribution in [3.8, 4) is 5.75 Å². The van der Waals surface area contributed by atoms with Crippen LogP contribution in [0.2, 0.25) is 0 Å². The van der Waals surface area contributed by atoms with Gasteiger partial charge in [-0.2, -0.15) is 8.42 Å². The van der Waals surface area contributed by atoms with E-state index in [2.05, 4.69) is 0 Å². The van der Waals surface area contributed by atoms with Gasteiger partial charge in [0, 0.05) is 13.0 Å². The molecule has 142 valence electrons. The first kappa shape index (κ1) is 20.0. The van der Waals surface area contributed by atoms with Crippen LogP contribution in [0.15, 0.2) is 47.1 Å². The fourth-order valence-electron chi connectivity index (χ4n) is 2.39. The molecule has 1 aromatic heterocycles. The number of unbranched alkanes of at least 4 members (excludes halogenated alkanes) is 1. The zero-order valence-electron chi connectivity index (χ0n) is 15.2. The Bertz CT molecular complexity index is 782. The summed E-state index contributed by atoms with van der Waals surface area (Å²) >= 11 is 0. The standard InChI is InChI=1S/C19H25NO5S/c1-3-5-8-19(21)20(15-18-7-6-13-24-18)14-16-9-11-17(12-10-16)25-26(22,23)4-2/h6-7,9-13H,3-5,8,14-15H2,1-2H3. The van der Waals surface area contributed by atoms with Crippen molar-refractivity contribution in [3.05, 3.63) is 54.0 Å². The highest BCUT2D eigenvalue weighted by Crippen LogP contribution is 2.18. The SMILES string of the molecule is CCCCC(=O)N(Cc1ccc(OS(=O)(=O)CC)cc1)Cc1ccco1. The van der Waals surface area contributed by atoms with Gasteiger partial charge in [0.15, 0.2) is 0 Å². The van der Waals surface area contributed by atoms with Gasteiger partial charge in [-0.05, 0) is 43.2 Å². The molecule has 0 aliphatic carbocycles. The van der Waals surface area contributed by atoms with E-state index in [1.165, 1.54) is 6.92 Å². The molecule has 0 unspecified atom stereocenters. The molecule has 0 spiro atoms. The van der Waals surface area contributed by atoms with Crippen molar-refractivity contribution in [2.45, 2.75) is 46.2 Å². The monoisotopic (exact) mass is 379 g/mol. The van der Waals surface area contributed by atoms with E-state index in [1.807, 2.05) is 13.0 Å². The summed E-state index contributed by atoms with van der Waals surface area (Å²) in [5.74, 6) is 0.976. The molecule has 7 heteroatoms. The van der Waals surface area contributed by atoms with E-state index in [0.29, 0.717) is 19.5 Å². The van der Waals surface area contributed by atoms with E-state index in [1.54, 1.807) is 41.5 Å². The number of hydrogen-bond donors (Lipinski definition) is 0. The summed E-state index contributed by atoms with van der Waals surface area (Å²) in [6.45, 7) is 4.40. The number of nitrogens with zero attached hydrogens (tertiary/aromatic N) is 1. The lowest BCUT2D eigenvalue weighted by atomic mass is 10.1. The molecule has 2 aromatic rings. The van der Waals surface area contributed by atoms with Crippen LogP contribution in [0.5, 0.6) is 5.75 Å². The first-order chi connectivity index (χ1) is 12.4. The molecule has 26 heavy (non-hydrogen) atoms. The molecule has 1 aromatic carbocycles. The molecule has 0 N–H and O–H groups in total. The number of carbonyl (C=O) groups excluding carboxylic acids is 1. The predicted molar refractivity (Wildman–Crippen MR) is 99.0 cm³/mol. The number of rotatable bonds is 10. The van der Waals surface area contributed by atoms with Gasteiger partial charge in [0.2, 0.25) is 5.91 Å². The Labute approximate surface area is 154 Å². The number of carbonyl (C=O) groups is 1. The van der Waals surface area contributed by atoms with Gasteiger partial charge in [-0.3, -0.25) is 4.79 Å². The van der Waals surface area contributed by atoms with Gasteiger partial charge in [0.25, 0.3) is 0 Å². The van der Waals surface area contributed by atoms with Gasteiger partial charge in [0.05, 0.1) is 18.6 Å². The zero-order chi connectivity index (χ0) is 19.0. The maximum Gasteiger partial charge on any atom is 0.308 e. The minimum Gasteiger partial charge on any atom is -0.467 e. The van der Waals surface area contributed by atoms with Crippen molar-refractivity contribution >= 4 is 16.0 Å². The quantitative estimate of drug-likeness (QED) is 0.588. The topological polar surface area (TPSA) is 76.8 Å². The number of hydrogen-bond acceptors (Lipinski definition) is 5. The summed E-state index contributed by atoms with van der Waals surface area (Å²) in [5, 5.41) is 0. The van der Waals surface area contributed by atoms with Crippen LogP contribution in [0.3, 0.4) is 0 Å².